The van der Waals surface area contributed by atoms with Gasteiger partial charge in [-0.2, -0.15) is 0 Å². The van der Waals surface area contributed by atoms with Gasteiger partial charge in [-0.25, -0.2) is 4.21 Å². The number of likely N-dealkylation sites (tertiary alicyclic amines) is 1. The van der Waals surface area contributed by atoms with Gasteiger partial charge < -0.3 is 9.64 Å². The largest absolute Gasteiger partial charge is 0.466 e. The van der Waals surface area contributed by atoms with Crippen LogP contribution in [-0.4, -0.2) is 41.8 Å². The van der Waals surface area contributed by atoms with Crippen molar-refractivity contribution < 1.29 is 13.7 Å². The van der Waals surface area contributed by atoms with E-state index in [9.17, 15) is 4.79 Å². The average molecular weight is 290 g/mol. The van der Waals surface area contributed by atoms with E-state index < -0.39 is 9.23 Å². The third-order valence-electron chi connectivity index (χ3n) is 2.34. The van der Waals surface area contributed by atoms with E-state index in [4.69, 9.17) is 8.95 Å². The summed E-state index contributed by atoms with van der Waals surface area (Å²) in [4.78, 5) is 13.5. The van der Waals surface area contributed by atoms with Crippen molar-refractivity contribution in [2.24, 2.45) is 5.92 Å². The smallest absolute Gasteiger partial charge is 0.309 e. The summed E-state index contributed by atoms with van der Waals surface area (Å²) < 4.78 is 14.0. The van der Waals surface area contributed by atoms with E-state index in [2.05, 4.69) is 33.3 Å². The van der Waals surface area contributed by atoms with Crippen molar-refractivity contribution in [2.45, 2.75) is 19.8 Å². The number of carbonyl (C=O) groups excluding carboxylic acids is 1. The summed E-state index contributed by atoms with van der Waals surface area (Å²) in [5, 5.41) is 0. The minimum atomic E-state index is -1.67. The molecule has 1 aliphatic heterocycles. The number of piperidine rings is 1. The molecule has 0 aromatic heterocycles. The highest BCUT2D eigenvalue weighted by Crippen LogP contribution is 2.16. The van der Waals surface area contributed by atoms with Crippen LogP contribution < -0.4 is 0 Å². The Balaban J connectivity index is 0.000000487. The first-order chi connectivity index (χ1) is 7.47. The van der Waals surface area contributed by atoms with Gasteiger partial charge in [-0.05, 0) is 39.9 Å². The second-order valence-corrected chi connectivity index (χ2v) is 6.04. The quantitative estimate of drug-likeness (QED) is 0.576. The fourth-order valence-corrected chi connectivity index (χ4v) is 1.50. The molecule has 96 valence electrons. The zero-order valence-corrected chi connectivity index (χ0v) is 11.8. The molecular weight excluding hydrogens is 273 g/mol. The summed E-state index contributed by atoms with van der Waals surface area (Å²) in [6.45, 7) is 4.39. The zero-order valence-electron chi connectivity index (χ0n) is 9.45. The van der Waals surface area contributed by atoms with Crippen molar-refractivity contribution in [1.29, 1.82) is 0 Å². The molecule has 0 aliphatic carbocycles. The lowest BCUT2D eigenvalue weighted by atomic mass is 9.97. The van der Waals surface area contributed by atoms with Gasteiger partial charge in [0, 0.05) is 21.4 Å². The Morgan fingerprint density at radius 1 is 1.44 bits per heavy atom. The molecule has 0 amide bonds. The molecule has 0 N–H and O–H groups in total. The van der Waals surface area contributed by atoms with E-state index in [0.29, 0.717) is 6.61 Å². The minimum Gasteiger partial charge on any atom is -0.466 e. The third-order valence-corrected chi connectivity index (χ3v) is 2.34. The summed E-state index contributed by atoms with van der Waals surface area (Å²) in [7, 11) is 9.44. The highest BCUT2D eigenvalue weighted by molar-refractivity contribution is 8.26. The van der Waals surface area contributed by atoms with Crippen molar-refractivity contribution in [3.8, 4) is 0 Å². The molecule has 7 heteroatoms. The molecule has 0 spiro atoms. The Hall–Kier alpha value is 0.160. The van der Waals surface area contributed by atoms with Crippen LogP contribution in [0.25, 0.3) is 0 Å². The molecule has 1 aliphatic rings. The summed E-state index contributed by atoms with van der Waals surface area (Å²) in [5.74, 6) is 0.145. The summed E-state index contributed by atoms with van der Waals surface area (Å²) >= 11 is 0. The Labute approximate surface area is 108 Å². The molecule has 0 saturated carbocycles. The number of rotatable bonds is 2. The first kappa shape index (κ1) is 16.2. The van der Waals surface area contributed by atoms with Crippen LogP contribution in [0.1, 0.15) is 19.8 Å². The highest BCUT2D eigenvalue weighted by Gasteiger charge is 2.23. The molecule has 0 bridgehead atoms. The van der Waals surface area contributed by atoms with Crippen molar-refractivity contribution in [3.63, 3.8) is 0 Å². The van der Waals surface area contributed by atoms with E-state index >= 15 is 0 Å². The van der Waals surface area contributed by atoms with E-state index in [-0.39, 0.29) is 11.9 Å². The van der Waals surface area contributed by atoms with Gasteiger partial charge in [-0.3, -0.25) is 4.79 Å². The number of hydrogen-bond donors (Lipinski definition) is 0. The topological polar surface area (TPSA) is 46.6 Å². The van der Waals surface area contributed by atoms with Gasteiger partial charge in [0.2, 0.25) is 9.23 Å². The number of carbonyl (C=O) groups is 1. The van der Waals surface area contributed by atoms with Crippen molar-refractivity contribution in [3.05, 3.63) is 0 Å². The molecule has 4 nitrogen and oxygen atoms in total. The summed E-state index contributed by atoms with van der Waals surface area (Å²) in [6, 6.07) is 0. The molecular formula is C9H17Cl2NO3S. The molecule has 1 saturated heterocycles. The van der Waals surface area contributed by atoms with Crippen LogP contribution in [0.3, 0.4) is 0 Å². The lowest BCUT2D eigenvalue weighted by molar-refractivity contribution is -0.149. The maximum Gasteiger partial charge on any atom is 0.309 e. The Morgan fingerprint density at radius 2 is 1.88 bits per heavy atom. The predicted molar refractivity (Wildman–Crippen MR) is 66.7 cm³/mol. The number of ether oxygens (including phenoxy) is 1. The van der Waals surface area contributed by atoms with E-state index in [0.717, 1.165) is 25.9 Å². The minimum absolute atomic E-state index is 0.00870. The predicted octanol–water partition coefficient (Wildman–Crippen LogP) is 1.93. The molecule has 0 aromatic rings. The third kappa shape index (κ3) is 8.33. The van der Waals surface area contributed by atoms with E-state index in [1.54, 1.807) is 0 Å². The van der Waals surface area contributed by atoms with Crippen LogP contribution >= 0.6 is 21.4 Å². The molecule has 0 unspecified atom stereocenters. The summed E-state index contributed by atoms with van der Waals surface area (Å²) in [6.07, 6.45) is 1.91. The second kappa shape index (κ2) is 9.22. The fraction of sp³-hybridized carbons (Fsp3) is 0.889. The fourth-order valence-electron chi connectivity index (χ4n) is 1.50. The van der Waals surface area contributed by atoms with Crippen LogP contribution in [0.5, 0.6) is 0 Å². The van der Waals surface area contributed by atoms with Crippen LogP contribution in [0, 0.1) is 5.92 Å². The van der Waals surface area contributed by atoms with Gasteiger partial charge in [0.05, 0.1) is 12.5 Å². The standard InChI is InChI=1S/C9H17NO2.Cl2OS/c1-3-12-9(11)8-4-6-10(2)7-5-8;1-4(2)3/h8H,3-7H2,1-2H3;. The molecule has 1 heterocycles. The molecule has 0 aromatic carbocycles. The number of hydrogen-bond acceptors (Lipinski definition) is 4. The maximum absolute atomic E-state index is 11.3. The Kier molecular flexibility index (Phi) is 9.31. The van der Waals surface area contributed by atoms with E-state index in [1.165, 1.54) is 0 Å². The summed E-state index contributed by atoms with van der Waals surface area (Å²) in [5.41, 5.74) is 0. The molecule has 16 heavy (non-hydrogen) atoms. The molecule has 0 radical (unpaired) electrons. The first-order valence-corrected chi connectivity index (χ1v) is 7.87. The molecule has 1 rings (SSSR count). The van der Waals surface area contributed by atoms with Crippen molar-refractivity contribution in [1.82, 2.24) is 4.90 Å². The lowest BCUT2D eigenvalue weighted by Crippen LogP contribution is -2.34. The van der Waals surface area contributed by atoms with Crippen LogP contribution in [-0.2, 0) is 18.8 Å². The van der Waals surface area contributed by atoms with Gasteiger partial charge in [0.15, 0.2) is 0 Å². The van der Waals surface area contributed by atoms with Gasteiger partial charge >= 0.3 is 5.97 Å². The second-order valence-electron chi connectivity index (χ2n) is 3.51. The lowest BCUT2D eigenvalue weighted by Gasteiger charge is -2.27. The van der Waals surface area contributed by atoms with Crippen molar-refractivity contribution >= 4 is 36.6 Å². The van der Waals surface area contributed by atoms with Gasteiger partial charge in [0.25, 0.3) is 0 Å². The van der Waals surface area contributed by atoms with Crippen molar-refractivity contribution in [2.75, 3.05) is 26.7 Å². The monoisotopic (exact) mass is 289 g/mol. The zero-order chi connectivity index (χ0) is 12.6. The number of halogens is 2. The van der Waals surface area contributed by atoms with Gasteiger partial charge in [-0.1, -0.05) is 0 Å². The first-order valence-electron chi connectivity index (χ1n) is 5.06. The molecule has 1 fully saturated rings. The van der Waals surface area contributed by atoms with E-state index in [1.807, 2.05) is 6.92 Å². The molecule has 0 atom stereocenters. The maximum atomic E-state index is 11.3. The normalized spacial score (nSPS) is 17.8. The SMILES string of the molecule is CCOC(=O)C1CCN(C)CC1.O=S(Cl)Cl. The Bertz CT molecular complexity index is 229. The Morgan fingerprint density at radius 3 is 2.25 bits per heavy atom. The van der Waals surface area contributed by atoms with Crippen LogP contribution in [0.4, 0.5) is 0 Å². The highest BCUT2D eigenvalue weighted by atomic mass is 36.0. The van der Waals surface area contributed by atoms with Crippen LogP contribution in [0.2, 0.25) is 0 Å². The van der Waals surface area contributed by atoms with Gasteiger partial charge in [-0.15, -0.1) is 0 Å². The average Bonchev–Trinajstić information content (AvgIpc) is 2.18. The van der Waals surface area contributed by atoms with Gasteiger partial charge in [0.1, 0.15) is 0 Å². The number of esters is 1. The van der Waals surface area contributed by atoms with Crippen LogP contribution in [0.15, 0.2) is 0 Å². The number of nitrogens with zero attached hydrogens (tertiary/aromatic N) is 1.